The van der Waals surface area contributed by atoms with Crippen molar-refractivity contribution in [3.63, 3.8) is 0 Å². The average Bonchev–Trinajstić information content (AvgIpc) is 2.11. The molecule has 0 radical (unpaired) electrons. The van der Waals surface area contributed by atoms with Crippen LogP contribution in [0.2, 0.25) is 0 Å². The maximum Gasteiger partial charge on any atom is 0.402 e. The first kappa shape index (κ1) is 16.6. The Bertz CT molecular complexity index is 249. The van der Waals surface area contributed by atoms with Gasteiger partial charge in [0.15, 0.2) is 0 Å². The van der Waals surface area contributed by atoms with Gasteiger partial charge in [0.05, 0.1) is 0 Å². The molecule has 8 nitrogen and oxygen atoms in total. The van der Waals surface area contributed by atoms with Gasteiger partial charge in [-0.15, -0.1) is 0 Å². The van der Waals surface area contributed by atoms with Crippen molar-refractivity contribution < 1.29 is 29.7 Å². The Morgan fingerprint density at radius 2 is 1.62 bits per heavy atom. The van der Waals surface area contributed by atoms with E-state index in [1.165, 1.54) is 0 Å². The van der Waals surface area contributed by atoms with Gasteiger partial charge < -0.3 is 26.4 Å². The molecule has 16 heavy (non-hydrogen) atoms. The third kappa shape index (κ3) is 10.3. The molecule has 0 fully saturated rings. The van der Waals surface area contributed by atoms with Crippen molar-refractivity contribution in [1.29, 1.82) is 0 Å². The molecule has 0 spiro atoms. The number of amides is 2. The molecule has 0 rings (SSSR count). The topological polar surface area (TPSA) is 150 Å². The number of carbonyl (C=O) groups excluding carboxylic acids is 1. The Hall–Kier alpha value is -1.83. The maximum atomic E-state index is 10.6. The highest BCUT2D eigenvalue weighted by Gasteiger charge is 2.22. The minimum absolute atomic E-state index is 0.196. The Morgan fingerprint density at radius 1 is 1.25 bits per heavy atom. The molecule has 0 saturated heterocycles. The lowest BCUT2D eigenvalue weighted by Crippen LogP contribution is -2.45. The summed E-state index contributed by atoms with van der Waals surface area (Å²) >= 11 is 0. The summed E-state index contributed by atoms with van der Waals surface area (Å²) < 4.78 is 0. The fourth-order valence-corrected chi connectivity index (χ4v) is 0.733. The van der Waals surface area contributed by atoms with Gasteiger partial charge >= 0.3 is 12.1 Å². The van der Waals surface area contributed by atoms with Gasteiger partial charge in [0, 0.05) is 0 Å². The summed E-state index contributed by atoms with van der Waals surface area (Å²) in [6.45, 7) is 2.67. The SMILES string of the molecule is CC(C)[C@@H](NC(=O)CO)C(=O)O.NC(=O)O. The molecule has 6 N–H and O–H groups in total. The van der Waals surface area contributed by atoms with Crippen molar-refractivity contribution in [1.82, 2.24) is 5.32 Å². The van der Waals surface area contributed by atoms with Gasteiger partial charge in [-0.2, -0.15) is 0 Å². The lowest BCUT2D eigenvalue weighted by Gasteiger charge is -2.16. The van der Waals surface area contributed by atoms with Crippen LogP contribution in [0.3, 0.4) is 0 Å². The van der Waals surface area contributed by atoms with Crippen molar-refractivity contribution in [2.24, 2.45) is 11.7 Å². The van der Waals surface area contributed by atoms with Gasteiger partial charge in [0.2, 0.25) is 5.91 Å². The minimum Gasteiger partial charge on any atom is -0.480 e. The second kappa shape index (κ2) is 8.48. The van der Waals surface area contributed by atoms with Crippen molar-refractivity contribution in [3.05, 3.63) is 0 Å². The monoisotopic (exact) mass is 236 g/mol. The lowest BCUT2D eigenvalue weighted by atomic mass is 10.1. The minimum atomic E-state index is -1.33. The van der Waals surface area contributed by atoms with Gasteiger partial charge in [-0.05, 0) is 5.92 Å². The zero-order chi connectivity index (χ0) is 13.3. The van der Waals surface area contributed by atoms with E-state index in [1.54, 1.807) is 13.8 Å². The number of hydrogen-bond donors (Lipinski definition) is 5. The van der Waals surface area contributed by atoms with Gasteiger partial charge in [-0.3, -0.25) is 4.79 Å². The normalized spacial score (nSPS) is 11.0. The van der Waals surface area contributed by atoms with Crippen LogP contribution in [-0.4, -0.2) is 45.9 Å². The third-order valence-electron chi connectivity index (χ3n) is 1.39. The molecule has 0 heterocycles. The number of carboxylic acid groups (broad SMARTS) is 2. The van der Waals surface area contributed by atoms with E-state index < -0.39 is 30.6 Å². The van der Waals surface area contributed by atoms with Crippen molar-refractivity contribution in [2.45, 2.75) is 19.9 Å². The van der Waals surface area contributed by atoms with Gasteiger partial charge in [-0.25, -0.2) is 9.59 Å². The van der Waals surface area contributed by atoms with Crippen LogP contribution in [-0.2, 0) is 9.59 Å². The molecular formula is C8H16N2O6. The van der Waals surface area contributed by atoms with E-state index in [9.17, 15) is 9.59 Å². The van der Waals surface area contributed by atoms with Crippen LogP contribution < -0.4 is 11.1 Å². The third-order valence-corrected chi connectivity index (χ3v) is 1.39. The van der Waals surface area contributed by atoms with E-state index in [4.69, 9.17) is 20.1 Å². The molecule has 0 bridgehead atoms. The summed E-state index contributed by atoms with van der Waals surface area (Å²) in [6, 6.07) is -0.926. The average molecular weight is 236 g/mol. The Morgan fingerprint density at radius 3 is 1.81 bits per heavy atom. The molecule has 8 heteroatoms. The van der Waals surface area contributed by atoms with E-state index in [1.807, 2.05) is 0 Å². The first-order chi connectivity index (χ1) is 7.22. The summed E-state index contributed by atoms with van der Waals surface area (Å²) in [5.74, 6) is -1.96. The molecule has 0 aromatic carbocycles. The number of nitrogens with two attached hydrogens (primary N) is 1. The van der Waals surface area contributed by atoms with E-state index in [0.717, 1.165) is 0 Å². The highest BCUT2D eigenvalue weighted by Crippen LogP contribution is 2.00. The second-order valence-electron chi connectivity index (χ2n) is 3.12. The van der Waals surface area contributed by atoms with Crippen LogP contribution in [0.4, 0.5) is 4.79 Å². The van der Waals surface area contributed by atoms with Crippen molar-refractivity contribution in [3.8, 4) is 0 Å². The molecule has 2 amide bonds. The number of primary amides is 1. The molecule has 0 aliphatic rings. The molecule has 0 aromatic heterocycles. The number of aliphatic hydroxyl groups is 1. The van der Waals surface area contributed by atoms with Crippen LogP contribution in [0.15, 0.2) is 0 Å². The van der Waals surface area contributed by atoms with Crippen molar-refractivity contribution in [2.75, 3.05) is 6.61 Å². The highest BCUT2D eigenvalue weighted by atomic mass is 16.4. The van der Waals surface area contributed by atoms with Crippen LogP contribution >= 0.6 is 0 Å². The largest absolute Gasteiger partial charge is 0.480 e. The Labute approximate surface area is 92.1 Å². The molecule has 0 aromatic rings. The van der Waals surface area contributed by atoms with Crippen LogP contribution in [0.5, 0.6) is 0 Å². The Kier molecular flexibility index (Phi) is 8.79. The molecule has 0 unspecified atom stereocenters. The first-order valence-corrected chi connectivity index (χ1v) is 4.33. The van der Waals surface area contributed by atoms with Crippen LogP contribution in [0.25, 0.3) is 0 Å². The molecule has 0 aliphatic heterocycles. The first-order valence-electron chi connectivity index (χ1n) is 4.33. The smallest absolute Gasteiger partial charge is 0.402 e. The van der Waals surface area contributed by atoms with E-state index in [2.05, 4.69) is 11.1 Å². The summed E-state index contributed by atoms with van der Waals surface area (Å²) in [6.07, 6.45) is -1.33. The summed E-state index contributed by atoms with van der Waals surface area (Å²) in [4.78, 5) is 29.9. The number of rotatable bonds is 4. The van der Waals surface area contributed by atoms with E-state index >= 15 is 0 Å². The maximum absolute atomic E-state index is 10.6. The van der Waals surface area contributed by atoms with Gasteiger partial charge in [0.1, 0.15) is 12.6 Å². The zero-order valence-electron chi connectivity index (χ0n) is 9.01. The number of nitrogens with one attached hydrogen (secondary N) is 1. The molecule has 94 valence electrons. The van der Waals surface area contributed by atoms with Crippen LogP contribution in [0, 0.1) is 5.92 Å². The zero-order valence-corrected chi connectivity index (χ0v) is 9.01. The molecule has 0 aliphatic carbocycles. The number of hydrogen-bond acceptors (Lipinski definition) is 4. The molecular weight excluding hydrogens is 220 g/mol. The summed E-state index contributed by atoms with van der Waals surface area (Å²) in [7, 11) is 0. The van der Waals surface area contributed by atoms with E-state index in [0.29, 0.717) is 0 Å². The predicted molar refractivity (Wildman–Crippen MR) is 53.7 cm³/mol. The molecule has 0 saturated carbocycles. The standard InChI is InChI=1S/C7H13NO4.CH3NO2/c1-4(2)6(7(11)12)8-5(10)3-9;2-1(3)4/h4,6,9H,3H2,1-2H3,(H,8,10)(H,11,12);2H2,(H,3,4)/t6-;/m1./s1. The lowest BCUT2D eigenvalue weighted by molar-refractivity contribution is -0.143. The number of carbonyl (C=O) groups is 3. The fourth-order valence-electron chi connectivity index (χ4n) is 0.733. The number of carboxylic acids is 1. The Balaban J connectivity index is 0. The van der Waals surface area contributed by atoms with Crippen LogP contribution in [0.1, 0.15) is 13.8 Å². The summed E-state index contributed by atoms with van der Waals surface area (Å²) in [5.41, 5.74) is 4.03. The quantitative estimate of drug-likeness (QED) is 0.415. The van der Waals surface area contributed by atoms with E-state index in [-0.39, 0.29) is 5.92 Å². The number of aliphatic carboxylic acids is 1. The fraction of sp³-hybridized carbons (Fsp3) is 0.625. The number of aliphatic hydroxyl groups excluding tert-OH is 1. The van der Waals surface area contributed by atoms with Gasteiger partial charge in [-0.1, -0.05) is 13.8 Å². The predicted octanol–water partition coefficient (Wildman–Crippen LogP) is -1.17. The summed E-state index contributed by atoms with van der Waals surface area (Å²) in [5, 5.41) is 26.3. The second-order valence-corrected chi connectivity index (χ2v) is 3.12. The van der Waals surface area contributed by atoms with Gasteiger partial charge in [0.25, 0.3) is 0 Å². The highest BCUT2D eigenvalue weighted by molar-refractivity contribution is 5.84. The van der Waals surface area contributed by atoms with Crippen molar-refractivity contribution >= 4 is 18.0 Å². The molecule has 1 atom stereocenters.